The first-order chi connectivity index (χ1) is 5.77. The van der Waals surface area contributed by atoms with E-state index in [9.17, 15) is 4.79 Å². The lowest BCUT2D eigenvalue weighted by atomic mass is 10.2. The van der Waals surface area contributed by atoms with Crippen LogP contribution < -0.4 is 5.73 Å². The number of amides is 1. The zero-order valence-corrected chi connectivity index (χ0v) is 7.29. The predicted molar refractivity (Wildman–Crippen MR) is 45.6 cm³/mol. The van der Waals surface area contributed by atoms with Crippen LogP contribution in [-0.2, 0) is 9.53 Å². The topological polar surface area (TPSA) is 72.6 Å². The zero-order chi connectivity index (χ0) is 9.23. The van der Waals surface area contributed by atoms with Crippen molar-refractivity contribution in [3.8, 4) is 0 Å². The molecule has 0 aliphatic heterocycles. The number of ether oxygens (including phenoxy) is 1. The van der Waals surface area contributed by atoms with Gasteiger partial charge in [0.15, 0.2) is 0 Å². The fraction of sp³-hybridized carbons (Fsp3) is 0.875. The largest absolute Gasteiger partial charge is 0.396 e. The Morgan fingerprint density at radius 1 is 1.25 bits per heavy atom. The molecule has 0 aromatic rings. The Morgan fingerprint density at radius 3 is 2.50 bits per heavy atom. The van der Waals surface area contributed by atoms with Gasteiger partial charge in [-0.15, -0.1) is 0 Å². The van der Waals surface area contributed by atoms with Gasteiger partial charge in [0.05, 0.1) is 0 Å². The Hall–Kier alpha value is -0.610. The average Bonchev–Trinajstić information content (AvgIpc) is 2.02. The van der Waals surface area contributed by atoms with Gasteiger partial charge in [-0.1, -0.05) is 12.8 Å². The first kappa shape index (κ1) is 11.4. The molecule has 0 rings (SSSR count). The quantitative estimate of drug-likeness (QED) is 0.512. The molecule has 0 atom stereocenters. The van der Waals surface area contributed by atoms with E-state index in [4.69, 9.17) is 15.6 Å². The fourth-order valence-corrected chi connectivity index (χ4v) is 0.842. The van der Waals surface area contributed by atoms with Crippen molar-refractivity contribution in [2.45, 2.75) is 25.7 Å². The summed E-state index contributed by atoms with van der Waals surface area (Å²) in [7, 11) is 0. The molecule has 0 unspecified atom stereocenters. The van der Waals surface area contributed by atoms with Crippen LogP contribution in [0.4, 0.5) is 0 Å². The van der Waals surface area contributed by atoms with Gasteiger partial charge >= 0.3 is 0 Å². The standard InChI is InChI=1S/C8H17NO3/c9-8(11)7-12-6-4-2-1-3-5-10/h10H,1-7H2,(H2,9,11). The van der Waals surface area contributed by atoms with E-state index < -0.39 is 5.91 Å². The highest BCUT2D eigenvalue weighted by atomic mass is 16.5. The van der Waals surface area contributed by atoms with Crippen molar-refractivity contribution in [2.24, 2.45) is 5.73 Å². The number of aliphatic hydroxyl groups excluding tert-OH is 1. The van der Waals surface area contributed by atoms with Gasteiger partial charge in [0, 0.05) is 13.2 Å². The van der Waals surface area contributed by atoms with E-state index in [0.717, 1.165) is 25.7 Å². The minimum atomic E-state index is -0.426. The van der Waals surface area contributed by atoms with Gasteiger partial charge in [0.2, 0.25) is 5.91 Å². The molecule has 0 aromatic heterocycles. The number of primary amides is 1. The molecule has 0 fully saturated rings. The Bertz CT molecular complexity index is 117. The van der Waals surface area contributed by atoms with Crippen molar-refractivity contribution >= 4 is 5.91 Å². The molecular weight excluding hydrogens is 158 g/mol. The first-order valence-corrected chi connectivity index (χ1v) is 4.24. The molecule has 0 saturated heterocycles. The van der Waals surface area contributed by atoms with Crippen LogP contribution in [0.3, 0.4) is 0 Å². The number of rotatable bonds is 8. The summed E-state index contributed by atoms with van der Waals surface area (Å²) in [5.74, 6) is -0.426. The third kappa shape index (κ3) is 9.39. The molecule has 1 amide bonds. The SMILES string of the molecule is NC(=O)COCCCCCCO. The third-order valence-electron chi connectivity index (χ3n) is 1.44. The van der Waals surface area contributed by atoms with E-state index >= 15 is 0 Å². The molecule has 0 aliphatic rings. The minimum absolute atomic E-state index is 0.0139. The third-order valence-corrected chi connectivity index (χ3v) is 1.44. The maximum Gasteiger partial charge on any atom is 0.243 e. The Morgan fingerprint density at radius 2 is 1.92 bits per heavy atom. The number of carbonyl (C=O) groups excluding carboxylic acids is 1. The predicted octanol–water partition coefficient (Wildman–Crippen LogP) is 0.0410. The highest BCUT2D eigenvalue weighted by Gasteiger charge is 1.93. The van der Waals surface area contributed by atoms with Crippen molar-refractivity contribution in [1.29, 1.82) is 0 Å². The molecular formula is C8H17NO3. The Balaban J connectivity index is 2.86. The van der Waals surface area contributed by atoms with Crippen molar-refractivity contribution < 1.29 is 14.6 Å². The van der Waals surface area contributed by atoms with Crippen molar-refractivity contribution in [1.82, 2.24) is 0 Å². The van der Waals surface area contributed by atoms with Crippen molar-refractivity contribution in [3.05, 3.63) is 0 Å². The number of hydrogen-bond donors (Lipinski definition) is 2. The minimum Gasteiger partial charge on any atom is -0.396 e. The second kappa shape index (κ2) is 8.49. The zero-order valence-electron chi connectivity index (χ0n) is 7.29. The second-order valence-electron chi connectivity index (χ2n) is 2.66. The van der Waals surface area contributed by atoms with Gasteiger partial charge in [0.1, 0.15) is 6.61 Å². The maximum absolute atomic E-state index is 10.2. The molecule has 72 valence electrons. The molecule has 3 N–H and O–H groups in total. The summed E-state index contributed by atoms with van der Waals surface area (Å²) in [6.45, 7) is 0.844. The number of aliphatic hydroxyl groups is 1. The van der Waals surface area contributed by atoms with Crippen LogP contribution in [-0.4, -0.2) is 30.8 Å². The van der Waals surface area contributed by atoms with Gasteiger partial charge in [-0.2, -0.15) is 0 Å². The van der Waals surface area contributed by atoms with Crippen LogP contribution in [0, 0.1) is 0 Å². The Labute approximate surface area is 72.7 Å². The average molecular weight is 175 g/mol. The molecule has 0 aromatic carbocycles. The van der Waals surface area contributed by atoms with E-state index in [1.807, 2.05) is 0 Å². The summed E-state index contributed by atoms with van der Waals surface area (Å²) in [6, 6.07) is 0. The molecule has 0 heterocycles. The highest BCUT2D eigenvalue weighted by Crippen LogP contribution is 1.98. The van der Waals surface area contributed by atoms with Gasteiger partial charge in [-0.25, -0.2) is 0 Å². The second-order valence-corrected chi connectivity index (χ2v) is 2.66. The summed E-state index contributed by atoms with van der Waals surface area (Å²) < 4.78 is 4.94. The van der Waals surface area contributed by atoms with E-state index in [1.165, 1.54) is 0 Å². The molecule has 0 radical (unpaired) electrons. The van der Waals surface area contributed by atoms with E-state index in [0.29, 0.717) is 6.61 Å². The summed E-state index contributed by atoms with van der Waals surface area (Å²) >= 11 is 0. The van der Waals surface area contributed by atoms with Crippen LogP contribution in [0.25, 0.3) is 0 Å². The summed E-state index contributed by atoms with van der Waals surface area (Å²) in [5, 5.41) is 8.45. The Kier molecular flexibility index (Phi) is 8.05. The molecule has 0 aliphatic carbocycles. The molecule has 4 nitrogen and oxygen atoms in total. The van der Waals surface area contributed by atoms with Crippen LogP contribution >= 0.6 is 0 Å². The fourth-order valence-electron chi connectivity index (χ4n) is 0.842. The van der Waals surface area contributed by atoms with E-state index in [1.54, 1.807) is 0 Å². The van der Waals surface area contributed by atoms with Crippen LogP contribution in [0.5, 0.6) is 0 Å². The number of nitrogens with two attached hydrogens (primary N) is 1. The van der Waals surface area contributed by atoms with Crippen LogP contribution in [0.1, 0.15) is 25.7 Å². The summed E-state index contributed by atoms with van der Waals surface area (Å²) in [6.07, 6.45) is 3.80. The van der Waals surface area contributed by atoms with Gasteiger partial charge in [0.25, 0.3) is 0 Å². The van der Waals surface area contributed by atoms with Crippen molar-refractivity contribution in [3.63, 3.8) is 0 Å². The highest BCUT2D eigenvalue weighted by molar-refractivity contribution is 5.74. The summed E-state index contributed by atoms with van der Waals surface area (Å²) in [4.78, 5) is 10.2. The normalized spacial score (nSPS) is 10.1. The number of carbonyl (C=O) groups is 1. The van der Waals surface area contributed by atoms with Gasteiger partial charge < -0.3 is 15.6 Å². The monoisotopic (exact) mass is 175 g/mol. The molecule has 0 saturated carbocycles. The van der Waals surface area contributed by atoms with Crippen molar-refractivity contribution in [2.75, 3.05) is 19.8 Å². The molecule has 12 heavy (non-hydrogen) atoms. The summed E-state index contributed by atoms with van der Waals surface area (Å²) in [5.41, 5.74) is 4.86. The maximum atomic E-state index is 10.2. The molecule has 0 bridgehead atoms. The number of hydrogen-bond acceptors (Lipinski definition) is 3. The van der Waals surface area contributed by atoms with E-state index in [2.05, 4.69) is 0 Å². The smallest absolute Gasteiger partial charge is 0.243 e. The lowest BCUT2D eigenvalue weighted by Gasteiger charge is -2.00. The van der Waals surface area contributed by atoms with Gasteiger partial charge in [-0.05, 0) is 12.8 Å². The first-order valence-electron chi connectivity index (χ1n) is 4.24. The lowest BCUT2D eigenvalue weighted by Crippen LogP contribution is -2.18. The van der Waals surface area contributed by atoms with Crippen LogP contribution in [0.2, 0.25) is 0 Å². The lowest BCUT2D eigenvalue weighted by molar-refractivity contribution is -0.122. The van der Waals surface area contributed by atoms with Gasteiger partial charge in [-0.3, -0.25) is 4.79 Å². The number of unbranched alkanes of at least 4 members (excludes halogenated alkanes) is 3. The molecule has 0 spiro atoms. The van der Waals surface area contributed by atoms with Crippen LogP contribution in [0.15, 0.2) is 0 Å². The van der Waals surface area contributed by atoms with E-state index in [-0.39, 0.29) is 13.2 Å². The molecule has 4 heteroatoms.